The van der Waals surface area contributed by atoms with Gasteiger partial charge in [0.25, 0.3) is 0 Å². The van der Waals surface area contributed by atoms with E-state index in [9.17, 15) is 5.11 Å². The summed E-state index contributed by atoms with van der Waals surface area (Å²) in [4.78, 5) is 0. The summed E-state index contributed by atoms with van der Waals surface area (Å²) in [6.45, 7) is 10.4. The Bertz CT molecular complexity index is 180. The van der Waals surface area contributed by atoms with Crippen molar-refractivity contribution < 1.29 is 5.11 Å². The highest BCUT2D eigenvalue weighted by Crippen LogP contribution is 2.16. The smallest absolute Gasteiger partial charge is 0.0857 e. The Morgan fingerprint density at radius 2 is 1.91 bits per heavy atom. The van der Waals surface area contributed by atoms with Crippen LogP contribution in [0.1, 0.15) is 13.8 Å². The van der Waals surface area contributed by atoms with Crippen molar-refractivity contribution in [1.82, 2.24) is 0 Å². The lowest BCUT2D eigenvalue weighted by atomic mass is 10.4. The van der Waals surface area contributed by atoms with Crippen LogP contribution in [-0.4, -0.2) is 19.3 Å². The Morgan fingerprint density at radius 1 is 1.45 bits per heavy atom. The minimum Gasteiger partial charge on any atom is -0.389 e. The first-order valence-corrected chi connectivity index (χ1v) is 7.49. The van der Waals surface area contributed by atoms with Gasteiger partial charge in [0.2, 0.25) is 0 Å². The van der Waals surface area contributed by atoms with Crippen LogP contribution in [0.25, 0.3) is 0 Å². The van der Waals surface area contributed by atoms with Gasteiger partial charge >= 0.3 is 0 Å². The second kappa shape index (κ2) is 3.91. The van der Waals surface area contributed by atoms with E-state index in [0.717, 1.165) is 5.20 Å². The molecule has 0 amide bonds. The lowest BCUT2D eigenvalue weighted by Gasteiger charge is -2.20. The fourth-order valence-electron chi connectivity index (χ4n) is 1.12. The standard InChI is InChI=1S/C9H18OSi/c1-6-7-9(8(2)10)11(3,4)5/h6,8,10H,1-5H3. The van der Waals surface area contributed by atoms with E-state index < -0.39 is 8.07 Å². The maximum absolute atomic E-state index is 9.39. The molecule has 0 aliphatic carbocycles. The normalized spacial score (nSPS) is 13.6. The van der Waals surface area contributed by atoms with E-state index >= 15 is 0 Å². The number of hydrogen-bond donors (Lipinski definition) is 1. The highest BCUT2D eigenvalue weighted by atomic mass is 28.3. The van der Waals surface area contributed by atoms with Gasteiger partial charge in [-0.15, -0.1) is 5.73 Å². The third-order valence-electron chi connectivity index (χ3n) is 1.53. The van der Waals surface area contributed by atoms with E-state index in [2.05, 4.69) is 25.4 Å². The van der Waals surface area contributed by atoms with Gasteiger partial charge in [0.1, 0.15) is 0 Å². The summed E-state index contributed by atoms with van der Waals surface area (Å²) < 4.78 is 0. The molecule has 0 fully saturated rings. The third kappa shape index (κ3) is 3.56. The molecule has 1 N–H and O–H groups in total. The summed E-state index contributed by atoms with van der Waals surface area (Å²) in [6.07, 6.45) is 1.54. The van der Waals surface area contributed by atoms with Gasteiger partial charge in [0, 0.05) is 0 Å². The highest BCUT2D eigenvalue weighted by molar-refractivity contribution is 6.83. The summed E-state index contributed by atoms with van der Waals surface area (Å²) >= 11 is 0. The molecule has 0 spiro atoms. The van der Waals surface area contributed by atoms with Gasteiger partial charge in [-0.25, -0.2) is 0 Å². The van der Waals surface area contributed by atoms with Crippen LogP contribution in [0.15, 0.2) is 17.0 Å². The van der Waals surface area contributed by atoms with Gasteiger partial charge in [-0.05, 0) is 25.1 Å². The number of rotatable bonds is 2. The maximum Gasteiger partial charge on any atom is 0.0857 e. The third-order valence-corrected chi connectivity index (χ3v) is 3.70. The van der Waals surface area contributed by atoms with Crippen LogP contribution < -0.4 is 0 Å². The highest BCUT2D eigenvalue weighted by Gasteiger charge is 2.22. The van der Waals surface area contributed by atoms with E-state index in [-0.39, 0.29) is 6.10 Å². The first-order chi connectivity index (χ1) is 4.89. The van der Waals surface area contributed by atoms with Crippen molar-refractivity contribution in [1.29, 1.82) is 0 Å². The zero-order chi connectivity index (χ0) is 9.07. The van der Waals surface area contributed by atoms with Gasteiger partial charge in [-0.3, -0.25) is 0 Å². The monoisotopic (exact) mass is 170 g/mol. The molecule has 0 heterocycles. The van der Waals surface area contributed by atoms with Crippen molar-refractivity contribution in [3.8, 4) is 0 Å². The van der Waals surface area contributed by atoms with Crippen molar-refractivity contribution in [2.24, 2.45) is 0 Å². The largest absolute Gasteiger partial charge is 0.389 e. The Morgan fingerprint density at radius 3 is 2.00 bits per heavy atom. The van der Waals surface area contributed by atoms with E-state index in [1.807, 2.05) is 19.9 Å². The molecule has 0 aromatic carbocycles. The molecule has 0 saturated carbocycles. The molecule has 1 nitrogen and oxygen atoms in total. The van der Waals surface area contributed by atoms with Crippen LogP contribution in [0.2, 0.25) is 19.6 Å². The molecule has 64 valence electrons. The molecule has 0 aromatic heterocycles. The lowest BCUT2D eigenvalue weighted by Crippen LogP contribution is -2.30. The van der Waals surface area contributed by atoms with Gasteiger partial charge in [0.05, 0.1) is 14.2 Å². The molecule has 1 atom stereocenters. The SMILES string of the molecule is CC=C=C(C(C)O)[Si](C)(C)C. The van der Waals surface area contributed by atoms with Gasteiger partial charge in [-0.2, -0.15) is 0 Å². The Balaban J connectivity index is 4.79. The summed E-state index contributed by atoms with van der Waals surface area (Å²) in [5.41, 5.74) is 3.13. The molecule has 0 bridgehead atoms. The Kier molecular flexibility index (Phi) is 3.80. The average molecular weight is 170 g/mol. The van der Waals surface area contributed by atoms with Crippen LogP contribution in [-0.2, 0) is 0 Å². The summed E-state index contributed by atoms with van der Waals surface area (Å²) in [7, 11) is -1.35. The molecular formula is C9H18OSi. The number of hydrogen-bond acceptors (Lipinski definition) is 1. The quantitative estimate of drug-likeness (QED) is 0.498. The van der Waals surface area contributed by atoms with Crippen LogP contribution in [0.5, 0.6) is 0 Å². The van der Waals surface area contributed by atoms with Crippen molar-refractivity contribution in [3.63, 3.8) is 0 Å². The fraction of sp³-hybridized carbons (Fsp3) is 0.667. The fourth-order valence-corrected chi connectivity index (χ4v) is 2.95. The molecule has 0 aliphatic heterocycles. The first-order valence-electron chi connectivity index (χ1n) is 3.99. The number of aliphatic hydroxyl groups excluding tert-OH is 1. The van der Waals surface area contributed by atoms with Gasteiger partial charge in [-0.1, -0.05) is 19.6 Å². The second-order valence-electron chi connectivity index (χ2n) is 3.77. The van der Waals surface area contributed by atoms with E-state index in [1.165, 1.54) is 0 Å². The molecule has 1 unspecified atom stereocenters. The molecule has 2 heteroatoms. The van der Waals surface area contributed by atoms with Crippen LogP contribution >= 0.6 is 0 Å². The molecule has 0 aromatic rings. The van der Waals surface area contributed by atoms with Crippen molar-refractivity contribution in [2.45, 2.75) is 39.6 Å². The molecule has 0 aliphatic rings. The van der Waals surface area contributed by atoms with Gasteiger partial charge < -0.3 is 5.11 Å². The Labute approximate surface area is 70.5 Å². The van der Waals surface area contributed by atoms with Crippen LogP contribution in [0.4, 0.5) is 0 Å². The number of aliphatic hydroxyl groups is 1. The van der Waals surface area contributed by atoms with E-state index in [0.29, 0.717) is 0 Å². The van der Waals surface area contributed by atoms with Crippen LogP contribution in [0, 0.1) is 0 Å². The average Bonchev–Trinajstić information content (AvgIpc) is 1.79. The summed E-state index contributed by atoms with van der Waals surface area (Å²) in [5, 5.41) is 10.5. The maximum atomic E-state index is 9.39. The molecule has 0 saturated heterocycles. The van der Waals surface area contributed by atoms with Crippen molar-refractivity contribution in [2.75, 3.05) is 0 Å². The predicted octanol–water partition coefficient (Wildman–Crippen LogP) is 2.35. The lowest BCUT2D eigenvalue weighted by molar-refractivity contribution is 0.238. The Hall–Kier alpha value is -0.303. The van der Waals surface area contributed by atoms with Crippen molar-refractivity contribution >= 4 is 8.07 Å². The minimum absolute atomic E-state index is 0.335. The molecule has 0 rings (SSSR count). The van der Waals surface area contributed by atoms with E-state index in [1.54, 1.807) is 0 Å². The van der Waals surface area contributed by atoms with Crippen LogP contribution in [0.3, 0.4) is 0 Å². The van der Waals surface area contributed by atoms with E-state index in [4.69, 9.17) is 0 Å². The first kappa shape index (κ1) is 10.7. The topological polar surface area (TPSA) is 20.2 Å². The van der Waals surface area contributed by atoms with Gasteiger partial charge in [0.15, 0.2) is 0 Å². The second-order valence-corrected chi connectivity index (χ2v) is 8.81. The predicted molar refractivity (Wildman–Crippen MR) is 52.3 cm³/mol. The molecule has 11 heavy (non-hydrogen) atoms. The summed E-state index contributed by atoms with van der Waals surface area (Å²) in [5.74, 6) is 0. The zero-order valence-electron chi connectivity index (χ0n) is 8.10. The van der Waals surface area contributed by atoms with Crippen molar-refractivity contribution in [3.05, 3.63) is 17.0 Å². The molecular weight excluding hydrogens is 152 g/mol. The summed E-state index contributed by atoms with van der Waals surface area (Å²) in [6, 6.07) is 0. The zero-order valence-corrected chi connectivity index (χ0v) is 9.10. The minimum atomic E-state index is -1.35. The molecule has 0 radical (unpaired) electrons.